The number of nitrogens with zero attached hydrogens (tertiary/aromatic N) is 3. The van der Waals surface area contributed by atoms with Crippen LogP contribution >= 0.6 is 0 Å². The van der Waals surface area contributed by atoms with Gasteiger partial charge in [-0.2, -0.15) is 5.10 Å². The zero-order valence-corrected chi connectivity index (χ0v) is 13.4. The van der Waals surface area contributed by atoms with Crippen LogP contribution < -0.4 is 0 Å². The molecule has 6 heteroatoms. The van der Waals surface area contributed by atoms with Gasteiger partial charge < -0.3 is 14.7 Å². The molecule has 1 aromatic rings. The number of morpholine rings is 1. The third-order valence-electron chi connectivity index (χ3n) is 4.96. The van der Waals surface area contributed by atoms with Crippen molar-refractivity contribution in [2.24, 2.45) is 7.05 Å². The van der Waals surface area contributed by atoms with E-state index in [1.807, 2.05) is 25.1 Å². The molecule has 3 rings (SSSR count). The van der Waals surface area contributed by atoms with Crippen molar-refractivity contribution in [3.8, 4) is 0 Å². The van der Waals surface area contributed by atoms with E-state index < -0.39 is 11.2 Å². The van der Waals surface area contributed by atoms with Gasteiger partial charge in [-0.1, -0.05) is 12.8 Å². The molecule has 2 heterocycles. The van der Waals surface area contributed by atoms with E-state index in [0.29, 0.717) is 19.7 Å². The lowest BCUT2D eigenvalue weighted by atomic mass is 9.94. The molecule has 0 spiro atoms. The van der Waals surface area contributed by atoms with Gasteiger partial charge in [0.2, 0.25) is 5.91 Å². The lowest BCUT2D eigenvalue weighted by Crippen LogP contribution is -2.51. The highest BCUT2D eigenvalue weighted by molar-refractivity contribution is 5.77. The summed E-state index contributed by atoms with van der Waals surface area (Å²) in [4.78, 5) is 14.4. The van der Waals surface area contributed by atoms with Crippen LogP contribution in [0.4, 0.5) is 0 Å². The molecule has 1 atom stereocenters. The van der Waals surface area contributed by atoms with E-state index in [-0.39, 0.29) is 12.3 Å². The SMILES string of the molecule is Cn1cc(C2(C)CN(C(=O)CC3(O)CCCC3)CCO2)cn1. The van der Waals surface area contributed by atoms with Crippen LogP contribution in [0.25, 0.3) is 0 Å². The van der Waals surface area contributed by atoms with Crippen LogP contribution in [0.5, 0.6) is 0 Å². The molecule has 0 radical (unpaired) electrons. The molecule has 6 nitrogen and oxygen atoms in total. The van der Waals surface area contributed by atoms with Gasteiger partial charge in [-0.15, -0.1) is 0 Å². The number of aryl methyl sites for hydroxylation is 1. The summed E-state index contributed by atoms with van der Waals surface area (Å²) < 4.78 is 7.67. The fourth-order valence-electron chi connectivity index (χ4n) is 3.56. The molecule has 122 valence electrons. The minimum atomic E-state index is -0.792. The van der Waals surface area contributed by atoms with Gasteiger partial charge in [-0.3, -0.25) is 9.48 Å². The normalized spacial score (nSPS) is 28.0. The second kappa shape index (κ2) is 5.66. The van der Waals surface area contributed by atoms with Gasteiger partial charge in [0.25, 0.3) is 0 Å². The Hall–Kier alpha value is -1.40. The van der Waals surface area contributed by atoms with E-state index in [1.54, 1.807) is 10.9 Å². The average molecular weight is 307 g/mol. The Bertz CT molecular complexity index is 551. The first-order chi connectivity index (χ1) is 10.4. The number of amides is 1. The van der Waals surface area contributed by atoms with Crippen LogP contribution in [0.1, 0.15) is 44.6 Å². The maximum atomic E-state index is 12.6. The molecule has 1 saturated heterocycles. The molecule has 0 bridgehead atoms. The number of hydrogen-bond acceptors (Lipinski definition) is 4. The Kier molecular flexibility index (Phi) is 3.99. The second-order valence-corrected chi connectivity index (χ2v) is 6.91. The highest BCUT2D eigenvalue weighted by Gasteiger charge is 2.40. The van der Waals surface area contributed by atoms with Gasteiger partial charge in [0.15, 0.2) is 0 Å². The molecule has 2 fully saturated rings. The van der Waals surface area contributed by atoms with Crippen LogP contribution in [-0.2, 0) is 22.2 Å². The zero-order chi connectivity index (χ0) is 15.8. The molecular formula is C16H25N3O3. The first-order valence-corrected chi connectivity index (χ1v) is 8.04. The molecule has 22 heavy (non-hydrogen) atoms. The van der Waals surface area contributed by atoms with Crippen molar-refractivity contribution in [1.29, 1.82) is 0 Å². The lowest BCUT2D eigenvalue weighted by molar-refractivity contribution is -0.154. The quantitative estimate of drug-likeness (QED) is 0.911. The fourth-order valence-corrected chi connectivity index (χ4v) is 3.56. The van der Waals surface area contributed by atoms with E-state index in [2.05, 4.69) is 5.10 Å². The van der Waals surface area contributed by atoms with Crippen LogP contribution in [0.2, 0.25) is 0 Å². The number of aliphatic hydroxyl groups is 1. The number of aromatic nitrogens is 2. The van der Waals surface area contributed by atoms with E-state index >= 15 is 0 Å². The summed E-state index contributed by atoms with van der Waals surface area (Å²) in [5.41, 5.74) is -0.340. The summed E-state index contributed by atoms with van der Waals surface area (Å²) in [5, 5.41) is 14.6. The number of hydrogen-bond donors (Lipinski definition) is 1. The third kappa shape index (κ3) is 3.03. The summed E-state index contributed by atoms with van der Waals surface area (Å²) in [6.45, 7) is 3.60. The van der Waals surface area contributed by atoms with Gasteiger partial charge in [-0.25, -0.2) is 0 Å². The van der Waals surface area contributed by atoms with Crippen molar-refractivity contribution in [1.82, 2.24) is 14.7 Å². The smallest absolute Gasteiger partial charge is 0.225 e. The maximum Gasteiger partial charge on any atom is 0.225 e. The average Bonchev–Trinajstić information content (AvgIpc) is 3.08. The summed E-state index contributed by atoms with van der Waals surface area (Å²) >= 11 is 0. The van der Waals surface area contributed by atoms with Crippen molar-refractivity contribution in [2.75, 3.05) is 19.7 Å². The Morgan fingerprint density at radius 3 is 2.82 bits per heavy atom. The Morgan fingerprint density at radius 1 is 1.45 bits per heavy atom. The van der Waals surface area contributed by atoms with E-state index in [9.17, 15) is 9.90 Å². The zero-order valence-electron chi connectivity index (χ0n) is 13.4. The van der Waals surface area contributed by atoms with Crippen LogP contribution in [0.15, 0.2) is 12.4 Å². The standard InChI is InChI=1S/C16H25N3O3/c1-15(13-10-17-18(2)11-13)12-19(7-8-22-15)14(20)9-16(21)5-3-4-6-16/h10-11,21H,3-9,12H2,1-2H3. The van der Waals surface area contributed by atoms with Gasteiger partial charge in [0, 0.05) is 25.4 Å². The Labute approximate surface area is 131 Å². The minimum Gasteiger partial charge on any atom is -0.389 e. The Balaban J connectivity index is 1.68. The van der Waals surface area contributed by atoms with Crippen LogP contribution in [0, 0.1) is 0 Å². The van der Waals surface area contributed by atoms with Gasteiger partial charge in [0.05, 0.1) is 31.4 Å². The molecule has 1 amide bonds. The topological polar surface area (TPSA) is 67.6 Å². The highest BCUT2D eigenvalue weighted by Crippen LogP contribution is 2.34. The second-order valence-electron chi connectivity index (χ2n) is 6.91. The number of ether oxygens (including phenoxy) is 1. The summed E-state index contributed by atoms with van der Waals surface area (Å²) in [6.07, 6.45) is 7.46. The van der Waals surface area contributed by atoms with Crippen molar-refractivity contribution in [3.63, 3.8) is 0 Å². The summed E-state index contributed by atoms with van der Waals surface area (Å²) in [5.74, 6) is 0.0304. The van der Waals surface area contributed by atoms with E-state index in [4.69, 9.17) is 4.74 Å². The highest BCUT2D eigenvalue weighted by atomic mass is 16.5. The monoisotopic (exact) mass is 307 g/mol. The molecule has 1 aliphatic heterocycles. The first kappa shape index (κ1) is 15.5. The van der Waals surface area contributed by atoms with Crippen molar-refractivity contribution in [3.05, 3.63) is 18.0 Å². The molecule has 1 N–H and O–H groups in total. The van der Waals surface area contributed by atoms with Gasteiger partial charge >= 0.3 is 0 Å². The van der Waals surface area contributed by atoms with Crippen molar-refractivity contribution < 1.29 is 14.6 Å². The predicted octanol–water partition coefficient (Wildman–Crippen LogP) is 1.19. The van der Waals surface area contributed by atoms with E-state index in [1.165, 1.54) is 0 Å². The fraction of sp³-hybridized carbons (Fsp3) is 0.750. The first-order valence-electron chi connectivity index (χ1n) is 8.04. The third-order valence-corrected chi connectivity index (χ3v) is 4.96. The lowest BCUT2D eigenvalue weighted by Gasteiger charge is -2.41. The maximum absolute atomic E-state index is 12.6. The summed E-state index contributed by atoms with van der Waals surface area (Å²) in [6, 6.07) is 0. The molecule has 0 aromatic carbocycles. The largest absolute Gasteiger partial charge is 0.389 e. The molecule has 1 saturated carbocycles. The number of rotatable bonds is 3. The van der Waals surface area contributed by atoms with Crippen LogP contribution in [0.3, 0.4) is 0 Å². The molecule has 1 aromatic heterocycles. The molecule has 1 unspecified atom stereocenters. The minimum absolute atomic E-state index is 0.0304. The molecule has 1 aliphatic carbocycles. The predicted molar refractivity (Wildman–Crippen MR) is 81.1 cm³/mol. The summed E-state index contributed by atoms with van der Waals surface area (Å²) in [7, 11) is 1.87. The van der Waals surface area contributed by atoms with Gasteiger partial charge in [0.1, 0.15) is 5.60 Å². The van der Waals surface area contributed by atoms with Crippen molar-refractivity contribution in [2.45, 2.75) is 50.2 Å². The number of carbonyl (C=O) groups excluding carboxylic acids is 1. The molecule has 2 aliphatic rings. The van der Waals surface area contributed by atoms with Crippen molar-refractivity contribution >= 4 is 5.91 Å². The van der Waals surface area contributed by atoms with E-state index in [0.717, 1.165) is 31.2 Å². The van der Waals surface area contributed by atoms with Gasteiger partial charge in [-0.05, 0) is 19.8 Å². The molecular weight excluding hydrogens is 282 g/mol. The number of carbonyl (C=O) groups is 1. The van der Waals surface area contributed by atoms with Crippen LogP contribution in [-0.4, -0.2) is 51.0 Å². The Morgan fingerprint density at radius 2 is 2.18 bits per heavy atom.